The summed E-state index contributed by atoms with van der Waals surface area (Å²) in [5.41, 5.74) is 0. The zero-order valence-electron chi connectivity index (χ0n) is 9.68. The van der Waals surface area contributed by atoms with Crippen LogP contribution >= 0.6 is 11.6 Å². The third-order valence-corrected chi connectivity index (χ3v) is 2.77. The molecule has 2 aromatic rings. The van der Waals surface area contributed by atoms with Gasteiger partial charge in [0.05, 0.1) is 6.20 Å². The summed E-state index contributed by atoms with van der Waals surface area (Å²) >= 11 is 5.92. The smallest absolute Gasteiger partial charge is 0.148 e. The van der Waals surface area contributed by atoms with Crippen molar-refractivity contribution in [3.05, 3.63) is 29.2 Å². The van der Waals surface area contributed by atoms with Crippen molar-refractivity contribution in [2.75, 3.05) is 11.9 Å². The number of aryl methyl sites for hydroxylation is 1. The van der Waals surface area contributed by atoms with E-state index in [1.165, 1.54) is 6.33 Å². The predicted molar refractivity (Wildman–Crippen MR) is 65.0 cm³/mol. The van der Waals surface area contributed by atoms with E-state index < -0.39 is 0 Å². The van der Waals surface area contributed by atoms with Crippen LogP contribution < -0.4 is 5.32 Å². The molecule has 0 saturated carbocycles. The summed E-state index contributed by atoms with van der Waals surface area (Å²) in [5, 5.41) is 11.7. The molecule has 0 unspecified atom stereocenters. The van der Waals surface area contributed by atoms with Gasteiger partial charge in [0.25, 0.3) is 0 Å². The van der Waals surface area contributed by atoms with Crippen LogP contribution in [-0.4, -0.2) is 31.3 Å². The number of hydrogen-bond donors (Lipinski definition) is 1. The van der Waals surface area contributed by atoms with Crippen molar-refractivity contribution in [2.45, 2.75) is 13.3 Å². The Morgan fingerprint density at radius 1 is 1.41 bits per heavy atom. The van der Waals surface area contributed by atoms with Crippen molar-refractivity contribution in [1.29, 1.82) is 0 Å². The van der Waals surface area contributed by atoms with Crippen molar-refractivity contribution in [2.24, 2.45) is 7.05 Å². The molecular formula is C10H13ClN6. The van der Waals surface area contributed by atoms with Crippen LogP contribution in [0.5, 0.6) is 0 Å². The number of halogens is 1. The molecule has 2 aromatic heterocycles. The van der Waals surface area contributed by atoms with Crippen molar-refractivity contribution in [1.82, 2.24) is 24.7 Å². The number of hydrogen-bond acceptors (Lipinski definition) is 5. The third kappa shape index (κ3) is 2.71. The maximum atomic E-state index is 5.92. The summed E-state index contributed by atoms with van der Waals surface area (Å²) in [6.45, 7) is 2.62. The highest BCUT2D eigenvalue weighted by atomic mass is 35.5. The normalized spacial score (nSPS) is 10.5. The molecule has 0 radical (unpaired) electrons. The summed E-state index contributed by atoms with van der Waals surface area (Å²) in [4.78, 5) is 7.86. The van der Waals surface area contributed by atoms with Crippen LogP contribution in [0, 0.1) is 6.92 Å². The molecule has 1 N–H and O–H groups in total. The van der Waals surface area contributed by atoms with Gasteiger partial charge in [0.15, 0.2) is 0 Å². The fraction of sp³-hybridized carbons (Fsp3) is 0.400. The molecule has 2 heterocycles. The van der Waals surface area contributed by atoms with E-state index in [1.807, 2.05) is 18.5 Å². The molecule has 0 amide bonds. The minimum atomic E-state index is 0.515. The Morgan fingerprint density at radius 3 is 2.88 bits per heavy atom. The van der Waals surface area contributed by atoms with Crippen LogP contribution in [0.1, 0.15) is 11.6 Å². The molecule has 2 rings (SSSR count). The molecular weight excluding hydrogens is 240 g/mol. The van der Waals surface area contributed by atoms with E-state index in [2.05, 4.69) is 25.5 Å². The Hall–Kier alpha value is -1.69. The lowest BCUT2D eigenvalue weighted by molar-refractivity contribution is 0.770. The Bertz CT molecular complexity index is 509. The maximum absolute atomic E-state index is 5.92. The first-order chi connectivity index (χ1) is 8.18. The molecule has 7 heteroatoms. The first kappa shape index (κ1) is 11.8. The van der Waals surface area contributed by atoms with Gasteiger partial charge in [0.2, 0.25) is 0 Å². The largest absolute Gasteiger partial charge is 0.368 e. The molecule has 0 saturated heterocycles. The number of nitrogens with zero attached hydrogens (tertiary/aromatic N) is 5. The Balaban J connectivity index is 1.92. The standard InChI is InChI=1S/C10H13ClN6/c1-7-15-16-9(17(7)2)3-4-13-10-8(11)5-12-6-14-10/h5-6H,3-4H2,1-2H3,(H,12,13,14). The van der Waals surface area contributed by atoms with Crippen molar-refractivity contribution >= 4 is 17.4 Å². The highest BCUT2D eigenvalue weighted by Gasteiger charge is 2.05. The van der Waals surface area contributed by atoms with Crippen LogP contribution in [0.3, 0.4) is 0 Å². The maximum Gasteiger partial charge on any atom is 0.148 e. The number of anilines is 1. The van der Waals surface area contributed by atoms with Gasteiger partial charge in [0, 0.05) is 20.0 Å². The van der Waals surface area contributed by atoms with Crippen molar-refractivity contribution < 1.29 is 0 Å². The molecule has 0 aliphatic heterocycles. The monoisotopic (exact) mass is 252 g/mol. The van der Waals surface area contributed by atoms with Gasteiger partial charge in [-0.25, -0.2) is 9.97 Å². The quantitative estimate of drug-likeness (QED) is 0.886. The van der Waals surface area contributed by atoms with Gasteiger partial charge in [0.1, 0.15) is 28.8 Å². The van der Waals surface area contributed by atoms with Crippen LogP contribution in [0.2, 0.25) is 5.02 Å². The molecule has 0 aliphatic rings. The van der Waals surface area contributed by atoms with Gasteiger partial charge in [-0.1, -0.05) is 11.6 Å². The Morgan fingerprint density at radius 2 is 2.24 bits per heavy atom. The first-order valence-electron chi connectivity index (χ1n) is 5.22. The molecule has 0 fully saturated rings. The summed E-state index contributed by atoms with van der Waals surface area (Å²) in [5.74, 6) is 2.47. The van der Waals surface area contributed by atoms with Gasteiger partial charge in [-0.15, -0.1) is 10.2 Å². The molecule has 17 heavy (non-hydrogen) atoms. The van der Waals surface area contributed by atoms with E-state index in [0.29, 0.717) is 17.4 Å². The summed E-state index contributed by atoms with van der Waals surface area (Å²) in [6.07, 6.45) is 3.78. The lowest BCUT2D eigenvalue weighted by atomic mass is 10.4. The fourth-order valence-electron chi connectivity index (χ4n) is 1.40. The molecule has 6 nitrogen and oxygen atoms in total. The van der Waals surface area contributed by atoms with Crippen LogP contribution in [-0.2, 0) is 13.5 Å². The lowest BCUT2D eigenvalue weighted by Gasteiger charge is -2.06. The number of rotatable bonds is 4. The third-order valence-electron chi connectivity index (χ3n) is 2.49. The van der Waals surface area contributed by atoms with Crippen LogP contribution in [0.25, 0.3) is 0 Å². The number of nitrogens with one attached hydrogen (secondary N) is 1. The highest BCUT2D eigenvalue weighted by molar-refractivity contribution is 6.32. The zero-order chi connectivity index (χ0) is 12.3. The Kier molecular flexibility index (Phi) is 3.53. The molecule has 0 bridgehead atoms. The van der Waals surface area contributed by atoms with E-state index in [1.54, 1.807) is 6.20 Å². The summed E-state index contributed by atoms with van der Waals surface area (Å²) in [6, 6.07) is 0. The van der Waals surface area contributed by atoms with Gasteiger partial charge < -0.3 is 9.88 Å². The number of aromatic nitrogens is 5. The van der Waals surface area contributed by atoms with E-state index in [4.69, 9.17) is 11.6 Å². The fourth-order valence-corrected chi connectivity index (χ4v) is 1.58. The second-order valence-corrected chi connectivity index (χ2v) is 4.03. The SMILES string of the molecule is Cc1nnc(CCNc2ncncc2Cl)n1C. The van der Waals surface area contributed by atoms with Gasteiger partial charge in [-0.3, -0.25) is 0 Å². The van der Waals surface area contributed by atoms with Crippen LogP contribution in [0.15, 0.2) is 12.5 Å². The second kappa shape index (κ2) is 5.09. The van der Waals surface area contributed by atoms with E-state index in [0.717, 1.165) is 18.1 Å². The second-order valence-electron chi connectivity index (χ2n) is 3.62. The molecule has 0 spiro atoms. The van der Waals surface area contributed by atoms with Gasteiger partial charge >= 0.3 is 0 Å². The minimum Gasteiger partial charge on any atom is -0.368 e. The average molecular weight is 253 g/mol. The molecule has 90 valence electrons. The van der Waals surface area contributed by atoms with Gasteiger partial charge in [-0.2, -0.15) is 0 Å². The van der Waals surface area contributed by atoms with E-state index in [9.17, 15) is 0 Å². The minimum absolute atomic E-state index is 0.515. The topological polar surface area (TPSA) is 68.5 Å². The average Bonchev–Trinajstić information content (AvgIpc) is 2.63. The zero-order valence-corrected chi connectivity index (χ0v) is 10.4. The highest BCUT2D eigenvalue weighted by Crippen LogP contribution is 2.15. The molecule has 0 aliphatic carbocycles. The first-order valence-corrected chi connectivity index (χ1v) is 5.60. The van der Waals surface area contributed by atoms with Crippen molar-refractivity contribution in [3.63, 3.8) is 0 Å². The predicted octanol–water partition coefficient (Wildman–Crippen LogP) is 1.22. The molecule has 0 aromatic carbocycles. The summed E-state index contributed by atoms with van der Waals surface area (Å²) in [7, 11) is 1.95. The van der Waals surface area contributed by atoms with Gasteiger partial charge in [-0.05, 0) is 6.92 Å². The van der Waals surface area contributed by atoms with E-state index in [-0.39, 0.29) is 0 Å². The lowest BCUT2D eigenvalue weighted by Crippen LogP contribution is -2.10. The van der Waals surface area contributed by atoms with Crippen LogP contribution in [0.4, 0.5) is 5.82 Å². The van der Waals surface area contributed by atoms with E-state index >= 15 is 0 Å². The van der Waals surface area contributed by atoms with Crippen molar-refractivity contribution in [3.8, 4) is 0 Å². The molecule has 0 atom stereocenters. The summed E-state index contributed by atoms with van der Waals surface area (Å²) < 4.78 is 1.96. The Labute approximate surface area is 104 Å².